The molecule has 1 aromatic carbocycles. The van der Waals surface area contributed by atoms with Crippen LogP contribution in [0.25, 0.3) is 0 Å². The zero-order valence-electron chi connectivity index (χ0n) is 14.8. The van der Waals surface area contributed by atoms with Gasteiger partial charge in [0, 0.05) is 12.2 Å². The molecule has 1 aromatic rings. The Morgan fingerprint density at radius 3 is 2.54 bits per heavy atom. The summed E-state index contributed by atoms with van der Waals surface area (Å²) in [5.41, 5.74) is 1.02. The Labute approximate surface area is 149 Å². The van der Waals surface area contributed by atoms with Crippen LogP contribution in [-0.4, -0.2) is 44.3 Å². The highest BCUT2D eigenvalue weighted by Crippen LogP contribution is 2.36. The molecule has 1 N–H and O–H groups in total. The number of ether oxygens (including phenoxy) is 3. The van der Waals surface area contributed by atoms with Gasteiger partial charge < -0.3 is 19.5 Å². The molecule has 0 saturated heterocycles. The Bertz CT molecular complexity index is 736. The van der Waals surface area contributed by atoms with Gasteiger partial charge in [-0.25, -0.2) is 9.59 Å². The summed E-state index contributed by atoms with van der Waals surface area (Å²) < 4.78 is 39.6. The van der Waals surface area contributed by atoms with Crippen LogP contribution < -0.4 is 14.8 Å². The smallest absolute Gasteiger partial charge is 0.387 e. The number of benzene rings is 1. The van der Waals surface area contributed by atoms with Gasteiger partial charge in [0.1, 0.15) is 0 Å². The van der Waals surface area contributed by atoms with Gasteiger partial charge in [0.2, 0.25) is 0 Å². The lowest BCUT2D eigenvalue weighted by atomic mass is 9.94. The van der Waals surface area contributed by atoms with Crippen molar-refractivity contribution in [3.63, 3.8) is 0 Å². The van der Waals surface area contributed by atoms with Crippen LogP contribution in [0.3, 0.4) is 0 Å². The molecule has 0 fully saturated rings. The van der Waals surface area contributed by atoms with E-state index in [-0.39, 0.29) is 17.1 Å². The molecule has 0 aromatic heterocycles. The number of alkyl halides is 2. The van der Waals surface area contributed by atoms with Crippen molar-refractivity contribution in [2.24, 2.45) is 0 Å². The summed E-state index contributed by atoms with van der Waals surface area (Å²) in [5, 5.41) is 2.69. The molecule has 7 nitrogen and oxygen atoms in total. The normalized spacial score (nSPS) is 17.3. The van der Waals surface area contributed by atoms with E-state index in [1.807, 2.05) is 0 Å². The molecule has 0 aliphatic carbocycles. The summed E-state index contributed by atoms with van der Waals surface area (Å²) in [5.74, 6) is -0.723. The third-order valence-corrected chi connectivity index (χ3v) is 4.05. The van der Waals surface area contributed by atoms with E-state index in [1.54, 1.807) is 19.9 Å². The minimum absolute atomic E-state index is 0.103. The number of halogens is 2. The molecule has 2 amide bonds. The van der Waals surface area contributed by atoms with Crippen LogP contribution in [0.2, 0.25) is 0 Å². The molecule has 0 spiro atoms. The molecule has 0 saturated carbocycles. The lowest BCUT2D eigenvalue weighted by molar-refractivity contribution is -0.136. The number of amides is 2. The average Bonchev–Trinajstić information content (AvgIpc) is 2.60. The molecule has 0 bridgehead atoms. The van der Waals surface area contributed by atoms with Crippen molar-refractivity contribution in [1.82, 2.24) is 10.2 Å². The van der Waals surface area contributed by atoms with Gasteiger partial charge in [-0.1, -0.05) is 6.07 Å². The van der Waals surface area contributed by atoms with E-state index >= 15 is 0 Å². The van der Waals surface area contributed by atoms with E-state index < -0.39 is 24.7 Å². The second-order valence-corrected chi connectivity index (χ2v) is 5.41. The number of nitrogens with one attached hydrogen (secondary N) is 1. The minimum Gasteiger partial charge on any atom is -0.493 e. The second kappa shape index (κ2) is 8.03. The van der Waals surface area contributed by atoms with Crippen LogP contribution in [0.5, 0.6) is 11.5 Å². The molecule has 1 aliphatic rings. The van der Waals surface area contributed by atoms with E-state index in [0.717, 1.165) is 0 Å². The molecular weight excluding hydrogens is 350 g/mol. The summed E-state index contributed by atoms with van der Waals surface area (Å²) in [7, 11) is 2.55. The number of rotatable bonds is 6. The van der Waals surface area contributed by atoms with E-state index in [9.17, 15) is 18.4 Å². The number of urea groups is 1. The molecule has 2 rings (SSSR count). The van der Waals surface area contributed by atoms with Crippen LogP contribution in [-0.2, 0) is 9.53 Å². The Morgan fingerprint density at radius 2 is 2.00 bits per heavy atom. The highest BCUT2D eigenvalue weighted by Gasteiger charge is 2.36. The van der Waals surface area contributed by atoms with Crippen molar-refractivity contribution in [1.29, 1.82) is 0 Å². The van der Waals surface area contributed by atoms with Crippen LogP contribution in [0.15, 0.2) is 29.5 Å². The first kappa shape index (κ1) is 19.5. The predicted molar refractivity (Wildman–Crippen MR) is 88.0 cm³/mol. The van der Waals surface area contributed by atoms with E-state index in [0.29, 0.717) is 17.8 Å². The summed E-state index contributed by atoms with van der Waals surface area (Å²) in [4.78, 5) is 26.0. The van der Waals surface area contributed by atoms with Crippen molar-refractivity contribution in [3.05, 3.63) is 35.0 Å². The highest BCUT2D eigenvalue weighted by atomic mass is 19.3. The van der Waals surface area contributed by atoms with Crippen LogP contribution in [0, 0.1) is 0 Å². The Hall–Kier alpha value is -2.84. The third kappa shape index (κ3) is 3.71. The van der Waals surface area contributed by atoms with Gasteiger partial charge >= 0.3 is 18.6 Å². The Morgan fingerprint density at radius 1 is 1.31 bits per heavy atom. The number of hydrogen-bond acceptors (Lipinski definition) is 5. The second-order valence-electron chi connectivity index (χ2n) is 5.41. The zero-order chi connectivity index (χ0) is 19.4. The van der Waals surface area contributed by atoms with Crippen molar-refractivity contribution < 1.29 is 32.6 Å². The van der Waals surface area contributed by atoms with Gasteiger partial charge in [-0.2, -0.15) is 8.78 Å². The summed E-state index contributed by atoms with van der Waals surface area (Å²) >= 11 is 0. The Balaban J connectivity index is 2.56. The monoisotopic (exact) mass is 370 g/mol. The van der Waals surface area contributed by atoms with Crippen molar-refractivity contribution in [2.75, 3.05) is 20.8 Å². The average molecular weight is 370 g/mol. The fraction of sp³-hybridized carbons (Fsp3) is 0.412. The number of carbonyl (C=O) groups is 2. The third-order valence-electron chi connectivity index (χ3n) is 4.05. The quantitative estimate of drug-likeness (QED) is 0.780. The van der Waals surface area contributed by atoms with Crippen LogP contribution in [0.1, 0.15) is 25.5 Å². The number of hydrogen-bond donors (Lipinski definition) is 1. The topological polar surface area (TPSA) is 77.1 Å². The zero-order valence-corrected chi connectivity index (χ0v) is 14.8. The SMILES string of the molecule is CCN1C(=O)N[C@H](c2ccc(OC)c(OC(F)F)c2)C(C(=O)OC)=C1C. The number of carbonyl (C=O) groups excluding carboxylic acids is 2. The van der Waals surface area contributed by atoms with Crippen LogP contribution >= 0.6 is 0 Å². The van der Waals surface area contributed by atoms with E-state index in [4.69, 9.17) is 9.47 Å². The van der Waals surface area contributed by atoms with Gasteiger partial charge in [0.15, 0.2) is 11.5 Å². The van der Waals surface area contributed by atoms with E-state index in [2.05, 4.69) is 10.1 Å². The minimum atomic E-state index is -3.05. The molecule has 9 heteroatoms. The first-order valence-corrected chi connectivity index (χ1v) is 7.83. The van der Waals surface area contributed by atoms with Gasteiger partial charge in [0.25, 0.3) is 0 Å². The highest BCUT2D eigenvalue weighted by molar-refractivity contribution is 5.95. The van der Waals surface area contributed by atoms with E-state index in [1.165, 1.54) is 31.3 Å². The molecule has 1 heterocycles. The van der Waals surface area contributed by atoms with Crippen molar-refractivity contribution >= 4 is 12.0 Å². The molecule has 142 valence electrons. The lowest BCUT2D eigenvalue weighted by Gasteiger charge is -2.34. The maximum atomic E-state index is 12.7. The summed E-state index contributed by atoms with van der Waals surface area (Å²) in [6.45, 7) is 0.697. The largest absolute Gasteiger partial charge is 0.493 e. The number of nitrogens with zero attached hydrogens (tertiary/aromatic N) is 1. The standard InChI is InChI=1S/C17H20F2N2O5/c1-5-21-9(2)13(15(22)25-4)14(20-17(21)23)10-6-7-11(24-3)12(8-10)26-16(18)19/h6-8,14,16H,5H2,1-4H3,(H,20,23)/t14-/m1/s1. The maximum Gasteiger partial charge on any atom is 0.387 e. The number of methoxy groups -OCH3 is 2. The van der Waals surface area contributed by atoms with Crippen LogP contribution in [0.4, 0.5) is 13.6 Å². The van der Waals surface area contributed by atoms with Gasteiger partial charge in [-0.05, 0) is 31.5 Å². The first-order chi connectivity index (χ1) is 12.3. The van der Waals surface area contributed by atoms with Gasteiger partial charge in [0.05, 0.1) is 25.8 Å². The summed E-state index contributed by atoms with van der Waals surface area (Å²) in [6, 6.07) is 3.00. The lowest BCUT2D eigenvalue weighted by Crippen LogP contribution is -2.47. The molecule has 1 atom stereocenters. The first-order valence-electron chi connectivity index (χ1n) is 7.83. The Kier molecular flexibility index (Phi) is 6.01. The number of esters is 1. The van der Waals surface area contributed by atoms with Gasteiger partial charge in [-0.15, -0.1) is 0 Å². The molecule has 1 aliphatic heterocycles. The fourth-order valence-electron chi connectivity index (χ4n) is 2.85. The predicted octanol–water partition coefficient (Wildman–Crippen LogP) is 2.83. The van der Waals surface area contributed by atoms with Gasteiger partial charge in [-0.3, -0.25) is 4.90 Å². The van der Waals surface area contributed by atoms with Crippen molar-refractivity contribution in [3.8, 4) is 11.5 Å². The molecule has 0 radical (unpaired) electrons. The molecule has 26 heavy (non-hydrogen) atoms. The van der Waals surface area contributed by atoms with Crippen molar-refractivity contribution in [2.45, 2.75) is 26.5 Å². The number of allylic oxidation sites excluding steroid dienone is 1. The fourth-order valence-corrected chi connectivity index (χ4v) is 2.85. The molecular formula is C17H20F2N2O5. The summed E-state index contributed by atoms with van der Waals surface area (Å²) in [6.07, 6.45) is 0. The maximum absolute atomic E-state index is 12.7. The molecule has 0 unspecified atom stereocenters.